The van der Waals surface area contributed by atoms with Gasteiger partial charge >= 0.3 is 58.9 Å². The Morgan fingerprint density at radius 1 is 1.00 bits per heavy atom. The van der Waals surface area contributed by atoms with Crippen LogP contribution in [0.1, 0.15) is 26.7 Å². The molecule has 0 amide bonds. The molecule has 0 saturated carbocycles. The minimum absolute atomic E-state index is 0.000772. The minimum atomic E-state index is 0.000772. The fraction of sp³-hybridized carbons (Fsp3) is 1.00. The van der Waals surface area contributed by atoms with Gasteiger partial charge in [-0.15, -0.1) is 0 Å². The van der Waals surface area contributed by atoms with Gasteiger partial charge in [-0.05, 0) is 0 Å². The molecule has 0 heterocycles. The molecule has 0 aliphatic rings. The molecule has 0 spiro atoms. The van der Waals surface area contributed by atoms with E-state index in [-0.39, 0.29) is 24.2 Å². The van der Waals surface area contributed by atoms with Crippen molar-refractivity contribution >= 4 is 24.2 Å². The van der Waals surface area contributed by atoms with Crippen LogP contribution in [0.5, 0.6) is 0 Å². The second-order valence-electron chi connectivity index (χ2n) is 1.75. The maximum atomic E-state index is 2.29. The van der Waals surface area contributed by atoms with Crippen molar-refractivity contribution in [2.24, 2.45) is 0 Å². The van der Waals surface area contributed by atoms with E-state index in [1.807, 2.05) is 0 Å². The first-order valence-electron chi connectivity index (χ1n) is 3.12. The first-order valence-corrected chi connectivity index (χ1v) is 8.62. The van der Waals surface area contributed by atoms with E-state index in [0.29, 0.717) is 0 Å². The molecule has 2 radical (unpaired) electrons. The van der Waals surface area contributed by atoms with Gasteiger partial charge in [-0.1, -0.05) is 0 Å². The van der Waals surface area contributed by atoms with Crippen molar-refractivity contribution in [3.63, 3.8) is 0 Å². The Labute approximate surface area is 58.9 Å². The van der Waals surface area contributed by atoms with Gasteiger partial charge in [0.1, 0.15) is 0 Å². The summed E-state index contributed by atoms with van der Waals surface area (Å²) in [5, 5.41) is 0. The number of rotatable bonds is 4. The predicted octanol–water partition coefficient (Wildman–Crippen LogP) is 2.35. The van der Waals surface area contributed by atoms with Gasteiger partial charge in [0.2, 0.25) is 0 Å². The van der Waals surface area contributed by atoms with Crippen LogP contribution in [0, 0.1) is 0 Å². The Kier molecular flexibility index (Phi) is 7.83. The van der Waals surface area contributed by atoms with Gasteiger partial charge in [0.15, 0.2) is 0 Å². The van der Waals surface area contributed by atoms with Crippen LogP contribution in [0.4, 0.5) is 0 Å². The van der Waals surface area contributed by atoms with Gasteiger partial charge in [-0.2, -0.15) is 0 Å². The molecule has 0 aromatic heterocycles. The predicted molar refractivity (Wildman–Crippen MR) is 35.9 cm³/mol. The molecule has 0 saturated heterocycles. The van der Waals surface area contributed by atoms with Crippen LogP contribution in [-0.2, 0) is 0 Å². The molecular formula is C6H14Pb. The van der Waals surface area contributed by atoms with Gasteiger partial charge in [0.25, 0.3) is 0 Å². The summed E-state index contributed by atoms with van der Waals surface area (Å²) in [6, 6.07) is 0. The van der Waals surface area contributed by atoms with Gasteiger partial charge in [-0.3, -0.25) is 0 Å². The number of hydrogen-bond donors (Lipinski definition) is 0. The van der Waals surface area contributed by atoms with Crippen LogP contribution in [0.25, 0.3) is 0 Å². The van der Waals surface area contributed by atoms with Crippen LogP contribution < -0.4 is 0 Å². The zero-order chi connectivity index (χ0) is 5.54. The quantitative estimate of drug-likeness (QED) is 0.551. The Morgan fingerprint density at radius 3 is 1.71 bits per heavy atom. The SMILES string of the molecule is CC[CH2][Pb][CH2]CC. The van der Waals surface area contributed by atoms with Crippen molar-refractivity contribution in [3.05, 3.63) is 0 Å². The van der Waals surface area contributed by atoms with Crippen molar-refractivity contribution in [1.29, 1.82) is 0 Å². The van der Waals surface area contributed by atoms with E-state index in [2.05, 4.69) is 13.8 Å². The van der Waals surface area contributed by atoms with E-state index in [4.69, 9.17) is 0 Å². The molecule has 42 valence electrons. The topological polar surface area (TPSA) is 0 Å². The summed E-state index contributed by atoms with van der Waals surface area (Å²) >= 11 is 0.000772. The normalized spacial score (nSPS) is 9.43. The van der Waals surface area contributed by atoms with Gasteiger partial charge < -0.3 is 0 Å². The van der Waals surface area contributed by atoms with Crippen molar-refractivity contribution in [3.8, 4) is 0 Å². The number of hydrogen-bond acceptors (Lipinski definition) is 0. The fourth-order valence-corrected chi connectivity index (χ4v) is 4.20. The van der Waals surface area contributed by atoms with Crippen LogP contribution >= 0.6 is 0 Å². The molecule has 0 atom stereocenters. The Balaban J connectivity index is 2.45. The third-order valence-corrected chi connectivity index (χ3v) is 7.49. The zero-order valence-corrected chi connectivity index (χ0v) is 9.22. The van der Waals surface area contributed by atoms with E-state index in [1.165, 1.54) is 12.8 Å². The molecule has 0 nitrogen and oxygen atoms in total. The third kappa shape index (κ3) is 6.92. The average Bonchev–Trinajstić information content (AvgIpc) is 1.69. The Morgan fingerprint density at radius 2 is 1.43 bits per heavy atom. The summed E-state index contributed by atoms with van der Waals surface area (Å²) in [5.41, 5.74) is 0. The molecule has 0 unspecified atom stereocenters. The molecule has 7 heavy (non-hydrogen) atoms. The molecule has 0 aliphatic heterocycles. The summed E-state index contributed by atoms with van der Waals surface area (Å²) in [6.45, 7) is 4.59. The molecule has 0 aromatic rings. The summed E-state index contributed by atoms with van der Waals surface area (Å²) < 4.78 is 3.24. The summed E-state index contributed by atoms with van der Waals surface area (Å²) in [6.07, 6.45) is 2.90. The summed E-state index contributed by atoms with van der Waals surface area (Å²) in [4.78, 5) is 0. The van der Waals surface area contributed by atoms with Crippen LogP contribution in [0.2, 0.25) is 7.96 Å². The molecule has 0 bridgehead atoms. The fourth-order valence-electron chi connectivity index (χ4n) is 0.479. The molecule has 0 aromatic carbocycles. The summed E-state index contributed by atoms with van der Waals surface area (Å²) in [7, 11) is 0. The van der Waals surface area contributed by atoms with E-state index in [0.717, 1.165) is 0 Å². The van der Waals surface area contributed by atoms with Crippen LogP contribution in [-0.4, -0.2) is 24.2 Å². The zero-order valence-electron chi connectivity index (χ0n) is 5.33. The Hall–Kier alpha value is 0.922. The van der Waals surface area contributed by atoms with E-state index < -0.39 is 0 Å². The standard InChI is InChI=1S/2C3H7.Pb/c2*1-3-2;/h2*1,3H2,2H3;. The van der Waals surface area contributed by atoms with E-state index in [1.54, 1.807) is 7.96 Å². The summed E-state index contributed by atoms with van der Waals surface area (Å²) in [5.74, 6) is 0. The second-order valence-corrected chi connectivity index (χ2v) is 7.58. The first-order chi connectivity index (χ1) is 3.41. The third-order valence-electron chi connectivity index (χ3n) is 0.854. The first kappa shape index (κ1) is 7.92. The van der Waals surface area contributed by atoms with Gasteiger partial charge in [0.05, 0.1) is 0 Å². The van der Waals surface area contributed by atoms with Crippen molar-refractivity contribution in [2.45, 2.75) is 34.6 Å². The average molecular weight is 293 g/mol. The molecular weight excluding hydrogens is 279 g/mol. The van der Waals surface area contributed by atoms with Gasteiger partial charge in [0, 0.05) is 0 Å². The van der Waals surface area contributed by atoms with Gasteiger partial charge in [-0.25, -0.2) is 0 Å². The maximum absolute atomic E-state index is 2.29. The van der Waals surface area contributed by atoms with Crippen LogP contribution in [0.15, 0.2) is 0 Å². The molecule has 0 rings (SSSR count). The molecule has 0 aliphatic carbocycles. The van der Waals surface area contributed by atoms with Crippen molar-refractivity contribution in [1.82, 2.24) is 0 Å². The monoisotopic (exact) mass is 294 g/mol. The van der Waals surface area contributed by atoms with Crippen molar-refractivity contribution < 1.29 is 0 Å². The van der Waals surface area contributed by atoms with E-state index >= 15 is 0 Å². The van der Waals surface area contributed by atoms with Crippen molar-refractivity contribution in [2.75, 3.05) is 0 Å². The van der Waals surface area contributed by atoms with E-state index in [9.17, 15) is 0 Å². The molecule has 0 N–H and O–H groups in total. The second kappa shape index (κ2) is 6.92. The molecule has 1 heteroatoms. The Bertz CT molecular complexity index is 23.4. The molecule has 0 fully saturated rings. The van der Waals surface area contributed by atoms with Crippen LogP contribution in [0.3, 0.4) is 0 Å².